The summed E-state index contributed by atoms with van der Waals surface area (Å²) in [6.07, 6.45) is 0. The number of benzene rings is 2. The Balaban J connectivity index is 2.44. The molecule has 2 nitrogen and oxygen atoms in total. The molecule has 1 aromatic heterocycles. The Labute approximate surface area is 133 Å². The molecule has 0 saturated carbocycles. The van der Waals surface area contributed by atoms with E-state index in [-0.39, 0.29) is 11.7 Å². The maximum atomic E-state index is 14.2. The SMILES string of the molecule is Fc1cccc(Br)c1-n1c(CCl)nc2c(Cl)cccc21. The first kappa shape index (κ1) is 13.9. The summed E-state index contributed by atoms with van der Waals surface area (Å²) >= 11 is 15.5. The second-order valence-corrected chi connectivity index (χ2v) is 5.70. The van der Waals surface area contributed by atoms with Crippen LogP contribution in [0.1, 0.15) is 5.82 Å². The number of alkyl halides is 1. The summed E-state index contributed by atoms with van der Waals surface area (Å²) in [5.74, 6) is 0.344. The van der Waals surface area contributed by atoms with Crippen molar-refractivity contribution in [3.8, 4) is 5.69 Å². The number of imidazole rings is 1. The minimum Gasteiger partial charge on any atom is -0.291 e. The maximum absolute atomic E-state index is 14.2. The molecule has 102 valence electrons. The van der Waals surface area contributed by atoms with Gasteiger partial charge in [0.2, 0.25) is 0 Å². The molecule has 0 amide bonds. The molecule has 20 heavy (non-hydrogen) atoms. The third-order valence-corrected chi connectivity index (χ3v) is 4.17. The molecule has 0 atom stereocenters. The molecule has 0 bridgehead atoms. The molecule has 0 aliphatic rings. The lowest BCUT2D eigenvalue weighted by atomic mass is 10.2. The lowest BCUT2D eigenvalue weighted by Crippen LogP contribution is -2.03. The van der Waals surface area contributed by atoms with E-state index in [1.165, 1.54) is 6.07 Å². The first-order valence-electron chi connectivity index (χ1n) is 5.79. The van der Waals surface area contributed by atoms with Gasteiger partial charge in [-0.3, -0.25) is 4.57 Å². The van der Waals surface area contributed by atoms with Crippen LogP contribution in [-0.2, 0) is 5.88 Å². The number of para-hydroxylation sites is 2. The van der Waals surface area contributed by atoms with Crippen LogP contribution in [0.25, 0.3) is 16.7 Å². The van der Waals surface area contributed by atoms with Gasteiger partial charge in [0.15, 0.2) is 0 Å². The van der Waals surface area contributed by atoms with Gasteiger partial charge < -0.3 is 0 Å². The van der Waals surface area contributed by atoms with Crippen LogP contribution in [0.15, 0.2) is 40.9 Å². The van der Waals surface area contributed by atoms with Gasteiger partial charge in [0, 0.05) is 4.47 Å². The van der Waals surface area contributed by atoms with Crippen LogP contribution in [0.3, 0.4) is 0 Å². The molecule has 3 rings (SSSR count). The Morgan fingerprint density at radius 3 is 2.65 bits per heavy atom. The summed E-state index contributed by atoms with van der Waals surface area (Å²) in [5.41, 5.74) is 1.71. The number of nitrogens with zero attached hydrogens (tertiary/aromatic N) is 2. The lowest BCUT2D eigenvalue weighted by molar-refractivity contribution is 0.616. The van der Waals surface area contributed by atoms with Crippen molar-refractivity contribution in [2.75, 3.05) is 0 Å². The number of rotatable bonds is 2. The van der Waals surface area contributed by atoms with Crippen LogP contribution in [0, 0.1) is 5.82 Å². The van der Waals surface area contributed by atoms with E-state index in [1.807, 2.05) is 6.07 Å². The largest absolute Gasteiger partial charge is 0.291 e. The van der Waals surface area contributed by atoms with E-state index in [0.29, 0.717) is 26.5 Å². The first-order valence-corrected chi connectivity index (χ1v) is 7.50. The summed E-state index contributed by atoms with van der Waals surface area (Å²) in [4.78, 5) is 4.40. The number of aromatic nitrogens is 2. The Morgan fingerprint density at radius 1 is 1.20 bits per heavy atom. The van der Waals surface area contributed by atoms with Crippen LogP contribution in [0.5, 0.6) is 0 Å². The molecule has 6 heteroatoms. The van der Waals surface area contributed by atoms with Gasteiger partial charge in [-0.05, 0) is 40.2 Å². The Bertz CT molecular complexity index is 781. The van der Waals surface area contributed by atoms with Crippen LogP contribution >= 0.6 is 39.1 Å². The van der Waals surface area contributed by atoms with Gasteiger partial charge in [-0.2, -0.15) is 0 Å². The van der Waals surface area contributed by atoms with Gasteiger partial charge in [0.1, 0.15) is 17.2 Å². The van der Waals surface area contributed by atoms with Crippen LogP contribution in [-0.4, -0.2) is 9.55 Å². The van der Waals surface area contributed by atoms with Crippen LogP contribution < -0.4 is 0 Å². The van der Waals surface area contributed by atoms with E-state index in [1.54, 1.807) is 28.8 Å². The molecule has 0 aliphatic heterocycles. The van der Waals surface area contributed by atoms with E-state index < -0.39 is 0 Å². The molecule has 0 spiro atoms. The van der Waals surface area contributed by atoms with Gasteiger partial charge in [0.05, 0.1) is 22.1 Å². The number of hydrogen-bond donors (Lipinski definition) is 0. The number of hydrogen-bond acceptors (Lipinski definition) is 1. The van der Waals surface area contributed by atoms with Crippen molar-refractivity contribution in [3.63, 3.8) is 0 Å². The lowest BCUT2D eigenvalue weighted by Gasteiger charge is -2.11. The third kappa shape index (κ3) is 2.12. The molecular formula is C14H8BrCl2FN2. The molecule has 2 aromatic carbocycles. The van der Waals surface area contributed by atoms with Crippen molar-refractivity contribution < 1.29 is 4.39 Å². The minimum atomic E-state index is -0.356. The first-order chi connectivity index (χ1) is 9.63. The smallest absolute Gasteiger partial charge is 0.148 e. The van der Waals surface area contributed by atoms with Crippen molar-refractivity contribution in [2.24, 2.45) is 0 Å². The molecular weight excluding hydrogens is 366 g/mol. The Morgan fingerprint density at radius 2 is 1.95 bits per heavy atom. The van der Waals surface area contributed by atoms with Crippen molar-refractivity contribution in [3.05, 3.63) is 57.5 Å². The van der Waals surface area contributed by atoms with Crippen LogP contribution in [0.2, 0.25) is 5.02 Å². The topological polar surface area (TPSA) is 17.8 Å². The predicted octanol–water partition coefficient (Wildman–Crippen LogP) is 5.32. The number of halogens is 4. The fourth-order valence-corrected chi connectivity index (χ4v) is 3.07. The molecule has 1 heterocycles. The van der Waals surface area contributed by atoms with Crippen molar-refractivity contribution in [1.29, 1.82) is 0 Å². The summed E-state index contributed by atoms with van der Waals surface area (Å²) in [6, 6.07) is 10.2. The second kappa shape index (κ2) is 5.35. The fourth-order valence-electron chi connectivity index (χ4n) is 2.15. The monoisotopic (exact) mass is 372 g/mol. The molecule has 3 aromatic rings. The highest BCUT2D eigenvalue weighted by atomic mass is 79.9. The minimum absolute atomic E-state index is 0.159. The second-order valence-electron chi connectivity index (χ2n) is 4.17. The van der Waals surface area contributed by atoms with Gasteiger partial charge >= 0.3 is 0 Å². The molecule has 0 fully saturated rings. The van der Waals surface area contributed by atoms with Gasteiger partial charge in [-0.15, -0.1) is 11.6 Å². The summed E-state index contributed by atoms with van der Waals surface area (Å²) in [6.45, 7) is 0. The average Bonchev–Trinajstić information content (AvgIpc) is 2.79. The Hall–Kier alpha value is -1.10. The van der Waals surface area contributed by atoms with E-state index in [0.717, 1.165) is 5.52 Å². The van der Waals surface area contributed by atoms with E-state index in [2.05, 4.69) is 20.9 Å². The molecule has 0 radical (unpaired) electrons. The van der Waals surface area contributed by atoms with Crippen molar-refractivity contribution >= 4 is 50.2 Å². The quantitative estimate of drug-likeness (QED) is 0.556. The van der Waals surface area contributed by atoms with Gasteiger partial charge in [-0.1, -0.05) is 23.7 Å². The van der Waals surface area contributed by atoms with Crippen molar-refractivity contribution in [2.45, 2.75) is 5.88 Å². The highest BCUT2D eigenvalue weighted by Crippen LogP contribution is 2.32. The third-order valence-electron chi connectivity index (χ3n) is 2.99. The summed E-state index contributed by atoms with van der Waals surface area (Å²) in [5, 5.41) is 0.514. The number of fused-ring (bicyclic) bond motifs is 1. The predicted molar refractivity (Wildman–Crippen MR) is 83.3 cm³/mol. The highest BCUT2D eigenvalue weighted by Gasteiger charge is 2.18. The zero-order valence-corrected chi connectivity index (χ0v) is 13.2. The van der Waals surface area contributed by atoms with E-state index in [4.69, 9.17) is 23.2 Å². The Kier molecular flexibility index (Phi) is 3.71. The summed E-state index contributed by atoms with van der Waals surface area (Å²) < 4.78 is 16.5. The van der Waals surface area contributed by atoms with Gasteiger partial charge in [-0.25, -0.2) is 9.37 Å². The van der Waals surface area contributed by atoms with E-state index >= 15 is 0 Å². The normalized spacial score (nSPS) is 11.2. The average molecular weight is 374 g/mol. The molecule has 0 N–H and O–H groups in total. The fraction of sp³-hybridized carbons (Fsp3) is 0.0714. The molecule has 0 unspecified atom stereocenters. The molecule has 0 saturated heterocycles. The summed E-state index contributed by atoms with van der Waals surface area (Å²) in [7, 11) is 0. The standard InChI is InChI=1S/C14H8BrCl2FN2/c15-8-3-1-5-10(18)14(8)20-11-6-2-4-9(17)13(11)19-12(20)7-16/h1-6H,7H2. The van der Waals surface area contributed by atoms with Gasteiger partial charge in [0.25, 0.3) is 0 Å². The van der Waals surface area contributed by atoms with E-state index in [9.17, 15) is 4.39 Å². The maximum Gasteiger partial charge on any atom is 0.148 e. The van der Waals surface area contributed by atoms with Crippen molar-refractivity contribution in [1.82, 2.24) is 9.55 Å². The zero-order valence-electron chi connectivity index (χ0n) is 10.1. The zero-order chi connectivity index (χ0) is 14.3. The molecule has 0 aliphatic carbocycles. The van der Waals surface area contributed by atoms with Crippen LogP contribution in [0.4, 0.5) is 4.39 Å². The highest BCUT2D eigenvalue weighted by molar-refractivity contribution is 9.10.